The van der Waals surface area contributed by atoms with Crippen LogP contribution in [0.3, 0.4) is 0 Å². The molecule has 0 N–H and O–H groups in total. The van der Waals surface area contributed by atoms with Gasteiger partial charge in [0.2, 0.25) is 0 Å². The maximum atomic E-state index is 13.2. The summed E-state index contributed by atoms with van der Waals surface area (Å²) in [5.41, 5.74) is 2.72. The van der Waals surface area contributed by atoms with E-state index in [1.54, 1.807) is 6.20 Å². The monoisotopic (exact) mass is 366 g/mol. The van der Waals surface area contributed by atoms with Crippen LogP contribution in [-0.2, 0) is 0 Å². The molecule has 5 nitrogen and oxygen atoms in total. The second-order valence-electron chi connectivity index (χ2n) is 7.52. The number of aromatic nitrogens is 2. The smallest absolute Gasteiger partial charge is 0.259 e. The van der Waals surface area contributed by atoms with Gasteiger partial charge in [-0.1, -0.05) is 43.0 Å². The van der Waals surface area contributed by atoms with E-state index in [0.717, 1.165) is 24.9 Å². The lowest BCUT2D eigenvalue weighted by molar-refractivity contribution is 0.0696. The molecule has 0 unspecified atom stereocenters. The molecule has 0 radical (unpaired) electrons. The first-order chi connectivity index (χ1) is 13.0. The van der Waals surface area contributed by atoms with Crippen LogP contribution in [0.2, 0.25) is 0 Å². The number of anilines is 1. The summed E-state index contributed by atoms with van der Waals surface area (Å²) in [4.78, 5) is 26.4. The minimum absolute atomic E-state index is 0.0213. The fourth-order valence-electron chi connectivity index (χ4n) is 3.71. The van der Waals surface area contributed by atoms with Crippen molar-refractivity contribution in [3.05, 3.63) is 41.6 Å². The molecule has 1 aliphatic carbocycles. The van der Waals surface area contributed by atoms with E-state index < -0.39 is 0 Å². The van der Waals surface area contributed by atoms with Crippen LogP contribution >= 0.6 is 0 Å². The van der Waals surface area contributed by atoms with Crippen molar-refractivity contribution in [1.82, 2.24) is 14.9 Å². The minimum atomic E-state index is 0.0213. The van der Waals surface area contributed by atoms with Crippen LogP contribution in [-0.4, -0.2) is 47.5 Å². The second kappa shape index (κ2) is 8.51. The van der Waals surface area contributed by atoms with E-state index in [1.807, 2.05) is 36.0 Å². The van der Waals surface area contributed by atoms with Crippen LogP contribution in [0.5, 0.6) is 0 Å². The Hall–Kier alpha value is -2.43. The van der Waals surface area contributed by atoms with Crippen LogP contribution in [0.25, 0.3) is 11.4 Å². The second-order valence-corrected chi connectivity index (χ2v) is 7.52. The third kappa shape index (κ3) is 4.29. The molecule has 2 aromatic rings. The SMILES string of the molecule is CCN(C)c1nc(-c2cccc(C)c2)ncc1C(=O)N(C)C1CCCCC1. The van der Waals surface area contributed by atoms with Gasteiger partial charge in [0.1, 0.15) is 11.4 Å². The van der Waals surface area contributed by atoms with Crippen LogP contribution in [0.4, 0.5) is 5.82 Å². The molecule has 5 heteroatoms. The first-order valence-electron chi connectivity index (χ1n) is 9.93. The van der Waals surface area contributed by atoms with Crippen molar-refractivity contribution < 1.29 is 4.79 Å². The molecule has 0 saturated heterocycles. The number of carbonyl (C=O) groups is 1. The molecule has 1 fully saturated rings. The molecular weight excluding hydrogens is 336 g/mol. The average molecular weight is 367 g/mol. The lowest BCUT2D eigenvalue weighted by Crippen LogP contribution is -2.39. The Balaban J connectivity index is 1.95. The molecule has 1 heterocycles. The number of rotatable bonds is 5. The first kappa shape index (κ1) is 19.3. The molecule has 1 aliphatic rings. The highest BCUT2D eigenvalue weighted by molar-refractivity contribution is 5.99. The maximum Gasteiger partial charge on any atom is 0.259 e. The molecule has 0 aliphatic heterocycles. The van der Waals surface area contributed by atoms with Crippen LogP contribution < -0.4 is 4.90 Å². The number of aryl methyl sites for hydroxylation is 1. The predicted molar refractivity (Wildman–Crippen MR) is 110 cm³/mol. The van der Waals surface area contributed by atoms with Crippen molar-refractivity contribution in [3.63, 3.8) is 0 Å². The van der Waals surface area contributed by atoms with E-state index in [4.69, 9.17) is 4.98 Å². The summed E-state index contributed by atoms with van der Waals surface area (Å²) in [7, 11) is 3.89. The Kier molecular flexibility index (Phi) is 6.09. The normalized spacial score (nSPS) is 14.8. The molecule has 1 saturated carbocycles. The molecule has 144 valence electrons. The van der Waals surface area contributed by atoms with E-state index in [9.17, 15) is 4.79 Å². The zero-order valence-corrected chi connectivity index (χ0v) is 16.9. The number of carbonyl (C=O) groups excluding carboxylic acids is 1. The standard InChI is InChI=1S/C22H30N4O/c1-5-25(3)21-19(22(27)26(4)18-12-7-6-8-13-18)15-23-20(24-21)17-11-9-10-16(2)14-17/h9-11,14-15,18H,5-8,12-13H2,1-4H3. The first-order valence-corrected chi connectivity index (χ1v) is 9.93. The summed E-state index contributed by atoms with van der Waals surface area (Å²) in [5, 5.41) is 0. The van der Waals surface area contributed by atoms with E-state index in [2.05, 4.69) is 31.0 Å². The molecule has 0 bridgehead atoms. The van der Waals surface area contributed by atoms with E-state index in [-0.39, 0.29) is 5.91 Å². The Morgan fingerprint density at radius 2 is 1.93 bits per heavy atom. The topological polar surface area (TPSA) is 49.3 Å². The summed E-state index contributed by atoms with van der Waals surface area (Å²) >= 11 is 0. The van der Waals surface area contributed by atoms with Crippen molar-refractivity contribution in [2.75, 3.05) is 25.5 Å². The molecule has 1 aromatic carbocycles. The van der Waals surface area contributed by atoms with Gasteiger partial charge in [0.05, 0.1) is 0 Å². The van der Waals surface area contributed by atoms with Gasteiger partial charge in [0.15, 0.2) is 5.82 Å². The van der Waals surface area contributed by atoms with Gasteiger partial charge in [-0.15, -0.1) is 0 Å². The Labute approximate surface area is 162 Å². The number of amides is 1. The molecular formula is C22H30N4O. The quantitative estimate of drug-likeness (QED) is 0.791. The number of hydrogen-bond acceptors (Lipinski definition) is 4. The third-order valence-electron chi connectivity index (χ3n) is 5.55. The summed E-state index contributed by atoms with van der Waals surface area (Å²) in [6, 6.07) is 8.46. The average Bonchev–Trinajstić information content (AvgIpc) is 2.72. The maximum absolute atomic E-state index is 13.2. The van der Waals surface area contributed by atoms with Gasteiger partial charge in [0, 0.05) is 38.4 Å². The third-order valence-corrected chi connectivity index (χ3v) is 5.55. The van der Waals surface area contributed by atoms with E-state index in [1.165, 1.54) is 24.8 Å². The molecule has 3 rings (SSSR count). The Morgan fingerprint density at radius 1 is 1.19 bits per heavy atom. The largest absolute Gasteiger partial charge is 0.359 e. The molecule has 0 atom stereocenters. The van der Waals surface area contributed by atoms with Gasteiger partial charge < -0.3 is 9.80 Å². The van der Waals surface area contributed by atoms with Gasteiger partial charge in [-0.25, -0.2) is 9.97 Å². The van der Waals surface area contributed by atoms with Gasteiger partial charge in [0.25, 0.3) is 5.91 Å². The summed E-state index contributed by atoms with van der Waals surface area (Å²) in [6.07, 6.45) is 7.55. The van der Waals surface area contributed by atoms with Gasteiger partial charge in [-0.2, -0.15) is 0 Å². The fraction of sp³-hybridized carbons (Fsp3) is 0.500. The summed E-state index contributed by atoms with van der Waals surface area (Å²) in [6.45, 7) is 4.89. The van der Waals surface area contributed by atoms with Crippen molar-refractivity contribution in [2.24, 2.45) is 0 Å². The van der Waals surface area contributed by atoms with Crippen molar-refractivity contribution in [3.8, 4) is 11.4 Å². The van der Waals surface area contributed by atoms with Gasteiger partial charge in [-0.3, -0.25) is 4.79 Å². The lowest BCUT2D eigenvalue weighted by Gasteiger charge is -2.32. The minimum Gasteiger partial charge on any atom is -0.359 e. The van der Waals surface area contributed by atoms with Crippen molar-refractivity contribution >= 4 is 11.7 Å². The summed E-state index contributed by atoms with van der Waals surface area (Å²) < 4.78 is 0. The summed E-state index contributed by atoms with van der Waals surface area (Å²) in [5.74, 6) is 1.38. The highest BCUT2D eigenvalue weighted by Crippen LogP contribution is 2.27. The highest BCUT2D eigenvalue weighted by atomic mass is 16.2. The van der Waals surface area contributed by atoms with Crippen molar-refractivity contribution in [2.45, 2.75) is 52.0 Å². The van der Waals surface area contributed by atoms with Crippen molar-refractivity contribution in [1.29, 1.82) is 0 Å². The van der Waals surface area contributed by atoms with Crippen LogP contribution in [0.15, 0.2) is 30.5 Å². The molecule has 1 aromatic heterocycles. The van der Waals surface area contributed by atoms with Gasteiger partial charge in [-0.05, 0) is 32.8 Å². The Morgan fingerprint density at radius 3 is 2.59 bits per heavy atom. The Bertz CT molecular complexity index is 799. The zero-order chi connectivity index (χ0) is 19.4. The molecule has 0 spiro atoms. The zero-order valence-electron chi connectivity index (χ0n) is 16.9. The van der Waals surface area contributed by atoms with Crippen LogP contribution in [0, 0.1) is 6.92 Å². The number of nitrogens with zero attached hydrogens (tertiary/aromatic N) is 4. The van der Waals surface area contributed by atoms with E-state index in [0.29, 0.717) is 23.2 Å². The van der Waals surface area contributed by atoms with Crippen LogP contribution in [0.1, 0.15) is 54.9 Å². The molecule has 27 heavy (non-hydrogen) atoms. The fourth-order valence-corrected chi connectivity index (χ4v) is 3.71. The number of hydrogen-bond donors (Lipinski definition) is 0. The molecule has 1 amide bonds. The number of benzene rings is 1. The van der Waals surface area contributed by atoms with E-state index >= 15 is 0 Å². The predicted octanol–water partition coefficient (Wildman–Crippen LogP) is 4.31. The van der Waals surface area contributed by atoms with Gasteiger partial charge >= 0.3 is 0 Å². The highest BCUT2D eigenvalue weighted by Gasteiger charge is 2.26. The lowest BCUT2D eigenvalue weighted by atomic mass is 9.94.